The minimum atomic E-state index is 0. The first-order valence-electron chi connectivity index (χ1n) is 7.55. The van der Waals surface area contributed by atoms with Crippen LogP contribution in [0.2, 0.25) is 0 Å². The molecule has 0 aliphatic heterocycles. The summed E-state index contributed by atoms with van der Waals surface area (Å²) in [6, 6.07) is 1.22. The molecule has 3 atom stereocenters. The molecule has 0 saturated carbocycles. The Kier molecular flexibility index (Phi) is 11.1. The summed E-state index contributed by atoms with van der Waals surface area (Å²) in [5.74, 6) is 0. The zero-order chi connectivity index (χ0) is 15.2. The molecule has 0 heterocycles. The predicted molar refractivity (Wildman–Crippen MR) is 95.8 cm³/mol. The van der Waals surface area contributed by atoms with Crippen LogP contribution in [-0.2, 0) is 0 Å². The first-order valence-corrected chi connectivity index (χ1v) is 7.55. The van der Waals surface area contributed by atoms with Crippen molar-refractivity contribution in [3.05, 3.63) is 36.5 Å². The Bertz CT molecular complexity index is 280. The second kappa shape index (κ2) is 10.2. The summed E-state index contributed by atoms with van der Waals surface area (Å²) in [6.07, 6.45) is 3.26. The van der Waals surface area contributed by atoms with Crippen molar-refractivity contribution in [3.8, 4) is 0 Å². The summed E-state index contributed by atoms with van der Waals surface area (Å²) < 4.78 is 0. The van der Waals surface area contributed by atoms with E-state index in [0.717, 1.165) is 19.3 Å². The molecule has 0 spiro atoms. The van der Waals surface area contributed by atoms with Crippen molar-refractivity contribution in [2.24, 2.45) is 0 Å². The van der Waals surface area contributed by atoms with Gasteiger partial charge in [-0.05, 0) is 40.0 Å². The van der Waals surface area contributed by atoms with Crippen molar-refractivity contribution in [3.63, 3.8) is 0 Å². The van der Waals surface area contributed by atoms with Gasteiger partial charge < -0.3 is 0 Å². The molecule has 0 rings (SSSR count). The summed E-state index contributed by atoms with van der Waals surface area (Å²) in [5.41, 5.74) is 3.71. The van der Waals surface area contributed by atoms with Crippen LogP contribution in [0, 0.1) is 0 Å². The van der Waals surface area contributed by atoms with Gasteiger partial charge in [-0.15, -0.1) is 12.4 Å². The van der Waals surface area contributed by atoms with Gasteiger partial charge in [0.2, 0.25) is 0 Å². The van der Waals surface area contributed by atoms with Crippen LogP contribution in [0.5, 0.6) is 0 Å². The fourth-order valence-corrected chi connectivity index (χ4v) is 3.09. The van der Waals surface area contributed by atoms with E-state index in [4.69, 9.17) is 0 Å². The second-order valence-corrected chi connectivity index (χ2v) is 5.76. The molecule has 0 fully saturated rings. The molecule has 2 heteroatoms. The standard InChI is InChI=1S/C18H33N.ClH/c1-10-16(13(4)5)19(17(11-2)14(6)7)18(12-3)15(8)9;/h16-18H,4,6,8,10-12H2,1-3,5,7,9H3;1H. The van der Waals surface area contributed by atoms with Crippen LogP contribution >= 0.6 is 12.4 Å². The summed E-state index contributed by atoms with van der Waals surface area (Å²) in [6.45, 7) is 25.7. The number of rotatable bonds is 9. The normalized spacial score (nSPS) is 15.2. The van der Waals surface area contributed by atoms with Crippen molar-refractivity contribution in [1.29, 1.82) is 0 Å². The van der Waals surface area contributed by atoms with Gasteiger partial charge in [-0.25, -0.2) is 0 Å². The Morgan fingerprint density at radius 2 is 0.900 bits per heavy atom. The summed E-state index contributed by atoms with van der Waals surface area (Å²) in [4.78, 5) is 2.59. The highest BCUT2D eigenvalue weighted by Gasteiger charge is 2.31. The first-order chi connectivity index (χ1) is 8.81. The predicted octanol–water partition coefficient (Wildman–Crippen LogP) is 5.77. The van der Waals surface area contributed by atoms with Gasteiger partial charge in [0.05, 0.1) is 0 Å². The van der Waals surface area contributed by atoms with E-state index in [0.29, 0.717) is 18.1 Å². The summed E-state index contributed by atoms with van der Waals surface area (Å²) in [7, 11) is 0. The zero-order valence-electron chi connectivity index (χ0n) is 14.3. The number of hydrogen-bond donors (Lipinski definition) is 0. The molecule has 0 N–H and O–H groups in total. The molecule has 0 aromatic heterocycles. The van der Waals surface area contributed by atoms with Crippen molar-refractivity contribution in [2.75, 3.05) is 0 Å². The molecule has 0 aliphatic rings. The number of nitrogens with zero attached hydrogens (tertiary/aromatic N) is 1. The smallest absolute Gasteiger partial charge is 0.0311 e. The highest BCUT2D eigenvalue weighted by atomic mass is 35.5. The molecule has 0 bridgehead atoms. The van der Waals surface area contributed by atoms with Gasteiger partial charge in [0.25, 0.3) is 0 Å². The Balaban J connectivity index is 0. The van der Waals surface area contributed by atoms with E-state index in [1.165, 1.54) is 16.7 Å². The third-order valence-electron chi connectivity index (χ3n) is 3.95. The van der Waals surface area contributed by atoms with E-state index in [1.807, 2.05) is 0 Å². The van der Waals surface area contributed by atoms with Crippen molar-refractivity contribution in [2.45, 2.75) is 78.9 Å². The van der Waals surface area contributed by atoms with E-state index in [-0.39, 0.29) is 12.4 Å². The molecule has 0 saturated heterocycles. The van der Waals surface area contributed by atoms with Crippen molar-refractivity contribution >= 4 is 12.4 Å². The Morgan fingerprint density at radius 1 is 0.700 bits per heavy atom. The molecular formula is C18H34ClN. The van der Waals surface area contributed by atoms with E-state index in [1.54, 1.807) is 0 Å². The third kappa shape index (κ3) is 5.46. The van der Waals surface area contributed by atoms with E-state index in [9.17, 15) is 0 Å². The van der Waals surface area contributed by atoms with Crippen molar-refractivity contribution < 1.29 is 0 Å². The van der Waals surface area contributed by atoms with Gasteiger partial charge in [-0.2, -0.15) is 0 Å². The van der Waals surface area contributed by atoms with E-state index < -0.39 is 0 Å². The summed E-state index contributed by atoms with van der Waals surface area (Å²) >= 11 is 0. The topological polar surface area (TPSA) is 3.24 Å². The fourth-order valence-electron chi connectivity index (χ4n) is 3.09. The molecular weight excluding hydrogens is 266 g/mol. The molecule has 1 nitrogen and oxygen atoms in total. The molecule has 0 aromatic carbocycles. The lowest BCUT2D eigenvalue weighted by Gasteiger charge is -2.44. The highest BCUT2D eigenvalue weighted by Crippen LogP contribution is 2.28. The van der Waals surface area contributed by atoms with E-state index >= 15 is 0 Å². The molecule has 0 radical (unpaired) electrons. The second-order valence-electron chi connectivity index (χ2n) is 5.76. The minimum Gasteiger partial charge on any atom is -0.283 e. The number of halogens is 1. The van der Waals surface area contributed by atoms with Gasteiger partial charge in [-0.1, -0.05) is 57.2 Å². The molecule has 0 aromatic rings. The van der Waals surface area contributed by atoms with Crippen LogP contribution in [0.4, 0.5) is 0 Å². The zero-order valence-corrected chi connectivity index (χ0v) is 15.1. The van der Waals surface area contributed by atoms with Gasteiger partial charge in [0, 0.05) is 18.1 Å². The largest absolute Gasteiger partial charge is 0.283 e. The van der Waals surface area contributed by atoms with Crippen LogP contribution in [-0.4, -0.2) is 23.0 Å². The molecule has 20 heavy (non-hydrogen) atoms. The van der Waals surface area contributed by atoms with Crippen LogP contribution in [0.15, 0.2) is 36.5 Å². The SMILES string of the molecule is C=C(C)C(CC)N(C(CC)C(=C)C)C(CC)C(=C)C.Cl. The monoisotopic (exact) mass is 299 g/mol. The Labute approximate surface area is 133 Å². The first kappa shape index (κ1) is 21.8. The maximum absolute atomic E-state index is 4.20. The molecule has 0 amide bonds. The van der Waals surface area contributed by atoms with Gasteiger partial charge in [0.1, 0.15) is 0 Å². The van der Waals surface area contributed by atoms with Gasteiger partial charge in [-0.3, -0.25) is 4.90 Å². The van der Waals surface area contributed by atoms with Crippen LogP contribution in [0.3, 0.4) is 0 Å². The average molecular weight is 300 g/mol. The van der Waals surface area contributed by atoms with Crippen LogP contribution in [0.25, 0.3) is 0 Å². The molecule has 3 unspecified atom stereocenters. The maximum Gasteiger partial charge on any atom is 0.0311 e. The lowest BCUT2D eigenvalue weighted by molar-refractivity contribution is 0.122. The van der Waals surface area contributed by atoms with Gasteiger partial charge in [0.15, 0.2) is 0 Å². The Hall–Kier alpha value is -0.530. The lowest BCUT2D eigenvalue weighted by Crippen LogP contribution is -2.50. The molecule has 118 valence electrons. The summed E-state index contributed by atoms with van der Waals surface area (Å²) in [5, 5.41) is 0. The fraction of sp³-hybridized carbons (Fsp3) is 0.667. The third-order valence-corrected chi connectivity index (χ3v) is 3.95. The maximum atomic E-state index is 4.20. The van der Waals surface area contributed by atoms with E-state index in [2.05, 4.69) is 66.2 Å². The average Bonchev–Trinajstić information content (AvgIpc) is 2.29. The number of hydrogen-bond acceptors (Lipinski definition) is 1. The molecule has 0 aliphatic carbocycles. The van der Waals surface area contributed by atoms with Crippen LogP contribution < -0.4 is 0 Å². The quantitative estimate of drug-likeness (QED) is 0.488. The lowest BCUT2D eigenvalue weighted by atomic mass is 9.93. The highest BCUT2D eigenvalue weighted by molar-refractivity contribution is 5.85. The Morgan fingerprint density at radius 3 is 1.00 bits per heavy atom. The van der Waals surface area contributed by atoms with Gasteiger partial charge >= 0.3 is 0 Å². The van der Waals surface area contributed by atoms with Crippen molar-refractivity contribution in [1.82, 2.24) is 4.90 Å². The minimum absolute atomic E-state index is 0. The van der Waals surface area contributed by atoms with Crippen LogP contribution in [0.1, 0.15) is 60.8 Å².